The van der Waals surface area contributed by atoms with E-state index in [9.17, 15) is 0 Å². The van der Waals surface area contributed by atoms with Crippen molar-refractivity contribution in [1.29, 1.82) is 0 Å². The van der Waals surface area contributed by atoms with Gasteiger partial charge in [0.2, 0.25) is 0 Å². The molecule has 1 aliphatic heterocycles. The average Bonchev–Trinajstić information content (AvgIpc) is 2.60. The molecule has 0 aromatic rings. The fraction of sp³-hybridized carbons (Fsp3) is 1.00. The molecule has 0 radical (unpaired) electrons. The SMILES string of the molecule is CC1(C)CCCC12OCC(CN)O2. The van der Waals surface area contributed by atoms with Gasteiger partial charge in [-0.25, -0.2) is 0 Å². The largest absolute Gasteiger partial charge is 0.347 e. The molecule has 13 heavy (non-hydrogen) atoms. The second kappa shape index (κ2) is 2.94. The Bertz CT molecular complexity index is 205. The van der Waals surface area contributed by atoms with E-state index in [1.807, 2.05) is 0 Å². The van der Waals surface area contributed by atoms with Crippen LogP contribution in [0.3, 0.4) is 0 Å². The summed E-state index contributed by atoms with van der Waals surface area (Å²) >= 11 is 0. The Morgan fingerprint density at radius 1 is 1.38 bits per heavy atom. The van der Waals surface area contributed by atoms with Gasteiger partial charge in [0.1, 0.15) is 0 Å². The first-order chi connectivity index (χ1) is 6.10. The zero-order valence-electron chi connectivity index (χ0n) is 8.51. The lowest BCUT2D eigenvalue weighted by Gasteiger charge is -2.36. The quantitative estimate of drug-likeness (QED) is 0.669. The molecule has 2 aliphatic rings. The van der Waals surface area contributed by atoms with Crippen LogP contribution < -0.4 is 5.73 Å². The maximum absolute atomic E-state index is 5.93. The first-order valence-electron chi connectivity index (χ1n) is 5.11. The van der Waals surface area contributed by atoms with Crippen molar-refractivity contribution < 1.29 is 9.47 Å². The van der Waals surface area contributed by atoms with Crippen molar-refractivity contribution in [3.8, 4) is 0 Å². The molecule has 0 amide bonds. The minimum absolute atomic E-state index is 0.109. The Morgan fingerprint density at radius 2 is 2.15 bits per heavy atom. The molecule has 1 aliphatic carbocycles. The summed E-state index contributed by atoms with van der Waals surface area (Å²) in [6.45, 7) is 5.68. The van der Waals surface area contributed by atoms with Crippen molar-refractivity contribution in [1.82, 2.24) is 0 Å². The second-order valence-corrected chi connectivity index (χ2v) is 4.78. The van der Waals surface area contributed by atoms with Gasteiger partial charge in [0.05, 0.1) is 12.7 Å². The van der Waals surface area contributed by atoms with Crippen LogP contribution in [0, 0.1) is 5.41 Å². The van der Waals surface area contributed by atoms with Crippen LogP contribution in [0.1, 0.15) is 33.1 Å². The monoisotopic (exact) mass is 185 g/mol. The molecular weight excluding hydrogens is 166 g/mol. The van der Waals surface area contributed by atoms with E-state index >= 15 is 0 Å². The number of hydrogen-bond acceptors (Lipinski definition) is 3. The molecule has 0 bridgehead atoms. The van der Waals surface area contributed by atoms with Gasteiger partial charge in [0.15, 0.2) is 5.79 Å². The Balaban J connectivity index is 2.13. The predicted molar refractivity (Wildman–Crippen MR) is 50.2 cm³/mol. The zero-order valence-corrected chi connectivity index (χ0v) is 8.51. The summed E-state index contributed by atoms with van der Waals surface area (Å²) in [5.41, 5.74) is 5.72. The van der Waals surface area contributed by atoms with E-state index in [-0.39, 0.29) is 17.3 Å². The Hall–Kier alpha value is -0.120. The van der Waals surface area contributed by atoms with E-state index < -0.39 is 0 Å². The van der Waals surface area contributed by atoms with Gasteiger partial charge in [-0.2, -0.15) is 0 Å². The molecule has 3 heteroatoms. The molecule has 1 saturated carbocycles. The molecule has 2 unspecified atom stereocenters. The molecule has 2 atom stereocenters. The summed E-state index contributed by atoms with van der Waals surface area (Å²) in [6, 6.07) is 0. The van der Waals surface area contributed by atoms with Crippen molar-refractivity contribution >= 4 is 0 Å². The fourth-order valence-corrected chi connectivity index (χ4v) is 2.46. The molecule has 0 aromatic heterocycles. The highest BCUT2D eigenvalue weighted by molar-refractivity contribution is 4.97. The van der Waals surface area contributed by atoms with E-state index in [1.54, 1.807) is 0 Å². The highest BCUT2D eigenvalue weighted by atomic mass is 16.7. The van der Waals surface area contributed by atoms with Crippen LogP contribution in [0.4, 0.5) is 0 Å². The van der Waals surface area contributed by atoms with Gasteiger partial charge in [-0.1, -0.05) is 13.8 Å². The fourth-order valence-electron chi connectivity index (χ4n) is 2.46. The Kier molecular flexibility index (Phi) is 2.13. The van der Waals surface area contributed by atoms with Crippen molar-refractivity contribution in [3.05, 3.63) is 0 Å². The van der Waals surface area contributed by atoms with Crippen LogP contribution >= 0.6 is 0 Å². The van der Waals surface area contributed by atoms with Gasteiger partial charge in [0.25, 0.3) is 0 Å². The summed E-state index contributed by atoms with van der Waals surface area (Å²) in [4.78, 5) is 0. The third-order valence-corrected chi connectivity index (χ3v) is 3.46. The van der Waals surface area contributed by atoms with Crippen molar-refractivity contribution in [2.45, 2.75) is 45.0 Å². The van der Waals surface area contributed by atoms with Gasteiger partial charge in [-0.05, 0) is 12.8 Å². The van der Waals surface area contributed by atoms with Gasteiger partial charge >= 0.3 is 0 Å². The van der Waals surface area contributed by atoms with Crippen LogP contribution in [0.2, 0.25) is 0 Å². The average molecular weight is 185 g/mol. The van der Waals surface area contributed by atoms with Gasteiger partial charge < -0.3 is 15.2 Å². The number of nitrogens with two attached hydrogens (primary N) is 1. The predicted octanol–water partition coefficient (Wildman–Crippen LogP) is 1.27. The lowest BCUT2D eigenvalue weighted by molar-refractivity contribution is -0.219. The van der Waals surface area contributed by atoms with Crippen LogP contribution in [0.25, 0.3) is 0 Å². The first-order valence-corrected chi connectivity index (χ1v) is 5.11. The topological polar surface area (TPSA) is 44.5 Å². The maximum atomic E-state index is 5.93. The summed E-state index contributed by atoms with van der Waals surface area (Å²) in [5, 5.41) is 0. The maximum Gasteiger partial charge on any atom is 0.173 e. The van der Waals surface area contributed by atoms with E-state index in [2.05, 4.69) is 13.8 Å². The van der Waals surface area contributed by atoms with E-state index in [4.69, 9.17) is 15.2 Å². The third-order valence-electron chi connectivity index (χ3n) is 3.46. The molecule has 1 heterocycles. The number of ether oxygens (including phenoxy) is 2. The summed E-state index contributed by atoms with van der Waals surface area (Å²) in [7, 11) is 0. The Morgan fingerprint density at radius 3 is 2.62 bits per heavy atom. The minimum Gasteiger partial charge on any atom is -0.347 e. The van der Waals surface area contributed by atoms with Crippen LogP contribution in [-0.4, -0.2) is 25.0 Å². The third kappa shape index (κ3) is 1.30. The summed E-state index contributed by atoms with van der Waals surface area (Å²) < 4.78 is 11.7. The lowest BCUT2D eigenvalue weighted by Crippen LogP contribution is -2.42. The number of hydrogen-bond donors (Lipinski definition) is 1. The molecule has 2 fully saturated rings. The zero-order chi connectivity index (χ0) is 9.53. The van der Waals surface area contributed by atoms with Crippen molar-refractivity contribution in [2.75, 3.05) is 13.2 Å². The van der Waals surface area contributed by atoms with Crippen LogP contribution in [0.15, 0.2) is 0 Å². The van der Waals surface area contributed by atoms with Gasteiger partial charge in [-0.3, -0.25) is 0 Å². The highest BCUT2D eigenvalue weighted by Crippen LogP contribution is 2.51. The number of rotatable bonds is 1. The van der Waals surface area contributed by atoms with Crippen LogP contribution in [-0.2, 0) is 9.47 Å². The summed E-state index contributed by atoms with van der Waals surface area (Å²) in [6.07, 6.45) is 3.52. The minimum atomic E-state index is -0.322. The van der Waals surface area contributed by atoms with Gasteiger partial charge in [-0.15, -0.1) is 0 Å². The van der Waals surface area contributed by atoms with Crippen molar-refractivity contribution in [2.24, 2.45) is 11.1 Å². The Labute approximate surface area is 79.6 Å². The molecule has 2 rings (SSSR count). The smallest absolute Gasteiger partial charge is 0.173 e. The molecular formula is C10H19NO2. The molecule has 3 nitrogen and oxygen atoms in total. The molecule has 76 valence electrons. The second-order valence-electron chi connectivity index (χ2n) is 4.78. The summed E-state index contributed by atoms with van der Waals surface area (Å²) in [5.74, 6) is -0.322. The molecule has 0 aromatic carbocycles. The lowest BCUT2D eigenvalue weighted by atomic mass is 9.86. The normalized spacial score (nSPS) is 43.2. The highest BCUT2D eigenvalue weighted by Gasteiger charge is 2.55. The van der Waals surface area contributed by atoms with E-state index in [0.29, 0.717) is 13.2 Å². The molecule has 1 spiro atoms. The van der Waals surface area contributed by atoms with Gasteiger partial charge in [0, 0.05) is 18.4 Å². The van der Waals surface area contributed by atoms with Crippen LogP contribution in [0.5, 0.6) is 0 Å². The standard InChI is InChI=1S/C10H19NO2/c1-9(2)4-3-5-10(9)12-7-8(6-11)13-10/h8H,3-7,11H2,1-2H3. The molecule has 2 N–H and O–H groups in total. The van der Waals surface area contributed by atoms with Crippen molar-refractivity contribution in [3.63, 3.8) is 0 Å². The van der Waals surface area contributed by atoms with E-state index in [1.165, 1.54) is 12.8 Å². The van der Waals surface area contributed by atoms with E-state index in [0.717, 1.165) is 6.42 Å². The first kappa shape index (κ1) is 9.44. The molecule has 1 saturated heterocycles.